The van der Waals surface area contributed by atoms with Gasteiger partial charge in [0.25, 0.3) is 0 Å². The molecule has 1 unspecified atom stereocenters. The zero-order chi connectivity index (χ0) is 19.4. The van der Waals surface area contributed by atoms with Gasteiger partial charge in [-0.1, -0.05) is 30.2 Å². The molecule has 0 saturated carbocycles. The molecule has 0 fully saturated rings. The molecule has 0 aliphatic carbocycles. The number of terminal acetylenes is 1. The van der Waals surface area contributed by atoms with Crippen molar-refractivity contribution in [3.8, 4) is 24.0 Å². The van der Waals surface area contributed by atoms with Crippen molar-refractivity contribution in [2.75, 3.05) is 6.54 Å². The van der Waals surface area contributed by atoms with Crippen LogP contribution in [0.2, 0.25) is 5.02 Å². The highest BCUT2D eigenvalue weighted by atomic mass is 35.5. The molecule has 3 aromatic rings. The first-order valence-corrected chi connectivity index (χ1v) is 8.52. The highest BCUT2D eigenvalue weighted by Gasteiger charge is 2.14. The van der Waals surface area contributed by atoms with Gasteiger partial charge in [0.05, 0.1) is 16.6 Å². The van der Waals surface area contributed by atoms with Crippen molar-refractivity contribution in [3.05, 3.63) is 69.0 Å². The summed E-state index contributed by atoms with van der Waals surface area (Å²) in [6, 6.07) is 11.2. The summed E-state index contributed by atoms with van der Waals surface area (Å²) in [7, 11) is 0. The van der Waals surface area contributed by atoms with E-state index in [1.54, 1.807) is 24.3 Å². The molecule has 0 aliphatic rings. The van der Waals surface area contributed by atoms with Gasteiger partial charge in [0.15, 0.2) is 5.75 Å². The molecule has 0 aliphatic heterocycles. The molecule has 27 heavy (non-hydrogen) atoms. The number of nitrogens with one attached hydrogen (secondary N) is 2. The Balaban J connectivity index is 1.70. The summed E-state index contributed by atoms with van der Waals surface area (Å²) in [5, 5.41) is 24.6. The zero-order valence-electron chi connectivity index (χ0n) is 14.2. The molecule has 6 nitrogen and oxygen atoms in total. The van der Waals surface area contributed by atoms with Gasteiger partial charge in [-0.15, -0.1) is 0 Å². The van der Waals surface area contributed by atoms with Gasteiger partial charge in [-0.25, -0.2) is 0 Å². The molecular weight excluding hydrogens is 368 g/mol. The minimum absolute atomic E-state index is 0.0458. The van der Waals surface area contributed by atoms with E-state index < -0.39 is 6.10 Å². The van der Waals surface area contributed by atoms with E-state index in [0.29, 0.717) is 33.8 Å². The molecule has 138 valence electrons. The number of hydrogen-bond acceptors (Lipinski definition) is 5. The lowest BCUT2D eigenvalue weighted by atomic mass is 10.0. The molecule has 7 heteroatoms. The highest BCUT2D eigenvalue weighted by Crippen LogP contribution is 2.29. The largest absolute Gasteiger partial charge is 0.506 e. The Morgan fingerprint density at radius 3 is 2.81 bits per heavy atom. The van der Waals surface area contributed by atoms with Crippen LogP contribution in [0.15, 0.2) is 47.3 Å². The Kier molecular flexibility index (Phi) is 5.67. The van der Waals surface area contributed by atoms with Crippen molar-refractivity contribution < 1.29 is 14.9 Å². The number of rotatable bonds is 6. The van der Waals surface area contributed by atoms with Crippen molar-refractivity contribution in [2.24, 2.45) is 0 Å². The Morgan fingerprint density at radius 2 is 2.07 bits per heavy atom. The average molecular weight is 385 g/mol. The van der Waals surface area contributed by atoms with Gasteiger partial charge in [0, 0.05) is 24.5 Å². The molecule has 3 rings (SSSR count). The maximum Gasteiger partial charge on any atom is 0.248 e. The molecule has 1 atom stereocenters. The minimum atomic E-state index is -0.835. The van der Waals surface area contributed by atoms with E-state index in [-0.39, 0.29) is 17.9 Å². The number of benzene rings is 2. The number of pyridine rings is 1. The van der Waals surface area contributed by atoms with Gasteiger partial charge in [-0.05, 0) is 35.4 Å². The van der Waals surface area contributed by atoms with Crippen LogP contribution in [0.5, 0.6) is 11.5 Å². The summed E-state index contributed by atoms with van der Waals surface area (Å²) in [5.74, 6) is 0.364. The van der Waals surface area contributed by atoms with Crippen LogP contribution < -0.4 is 15.6 Å². The van der Waals surface area contributed by atoms with Gasteiger partial charge in [-0.2, -0.15) is 0 Å². The Hall–Kier alpha value is -2.98. The first-order valence-electron chi connectivity index (χ1n) is 8.14. The van der Waals surface area contributed by atoms with Crippen LogP contribution in [0.25, 0.3) is 10.9 Å². The van der Waals surface area contributed by atoms with E-state index in [4.69, 9.17) is 22.8 Å². The molecule has 2 aromatic carbocycles. The van der Waals surface area contributed by atoms with Crippen LogP contribution in [-0.2, 0) is 6.54 Å². The van der Waals surface area contributed by atoms with Crippen LogP contribution in [0.4, 0.5) is 0 Å². The van der Waals surface area contributed by atoms with Crippen LogP contribution in [0.1, 0.15) is 17.2 Å². The monoisotopic (exact) mass is 384 g/mol. The number of aliphatic hydroxyl groups is 1. The average Bonchev–Trinajstić information content (AvgIpc) is 2.64. The summed E-state index contributed by atoms with van der Waals surface area (Å²) in [5.41, 5.74) is 1.48. The van der Waals surface area contributed by atoms with Crippen molar-refractivity contribution in [1.29, 1.82) is 0 Å². The van der Waals surface area contributed by atoms with Gasteiger partial charge < -0.3 is 25.3 Å². The lowest BCUT2D eigenvalue weighted by molar-refractivity contribution is 0.176. The SMILES string of the molecule is C#COc1ccc(CNCC(O)c2ccc(O)c3[nH]c(=O)ccc23)cc1Cl. The second-order valence-electron chi connectivity index (χ2n) is 5.92. The minimum Gasteiger partial charge on any atom is -0.506 e. The lowest BCUT2D eigenvalue weighted by Crippen LogP contribution is -2.21. The van der Waals surface area contributed by atoms with E-state index >= 15 is 0 Å². The molecule has 0 spiro atoms. The first kappa shape index (κ1) is 18.8. The Bertz CT molecular complexity index is 1070. The van der Waals surface area contributed by atoms with E-state index in [9.17, 15) is 15.0 Å². The lowest BCUT2D eigenvalue weighted by Gasteiger charge is -2.15. The smallest absolute Gasteiger partial charge is 0.248 e. The number of halogens is 1. The molecule has 0 radical (unpaired) electrons. The predicted molar refractivity (Wildman–Crippen MR) is 104 cm³/mol. The number of phenols is 1. The number of H-pyrrole nitrogens is 1. The predicted octanol–water partition coefficient (Wildman–Crippen LogP) is 2.68. The second kappa shape index (κ2) is 8.14. The van der Waals surface area contributed by atoms with Crippen LogP contribution in [0, 0.1) is 12.5 Å². The summed E-state index contributed by atoms with van der Waals surface area (Å²) < 4.78 is 4.94. The Morgan fingerprint density at radius 1 is 1.26 bits per heavy atom. The van der Waals surface area contributed by atoms with Crippen LogP contribution >= 0.6 is 11.6 Å². The zero-order valence-corrected chi connectivity index (χ0v) is 15.0. The maximum atomic E-state index is 11.5. The van der Waals surface area contributed by atoms with Crippen molar-refractivity contribution in [1.82, 2.24) is 10.3 Å². The molecular formula is C20H17ClN2O4. The van der Waals surface area contributed by atoms with Crippen molar-refractivity contribution >= 4 is 22.5 Å². The fourth-order valence-corrected chi connectivity index (χ4v) is 3.05. The number of aromatic amines is 1. The number of fused-ring (bicyclic) bond motifs is 1. The topological polar surface area (TPSA) is 94.6 Å². The number of aromatic hydroxyl groups is 1. The maximum absolute atomic E-state index is 11.5. The first-order chi connectivity index (χ1) is 13.0. The molecule has 0 amide bonds. The standard InChI is InChI=1S/C20H17ClN2O4/c1-2-27-18-7-3-12(9-15(18)21)10-22-11-17(25)13-4-6-16(24)20-14(13)5-8-19(26)23-20/h1,3-9,17,22,24-25H,10-11H2,(H,23,26). The Labute approximate surface area is 160 Å². The highest BCUT2D eigenvalue weighted by molar-refractivity contribution is 6.32. The van der Waals surface area contributed by atoms with Gasteiger partial charge in [0.2, 0.25) is 5.56 Å². The molecule has 4 N–H and O–H groups in total. The van der Waals surface area contributed by atoms with Crippen LogP contribution in [-0.4, -0.2) is 21.7 Å². The van der Waals surface area contributed by atoms with E-state index in [1.807, 2.05) is 6.07 Å². The summed E-state index contributed by atoms with van der Waals surface area (Å²) >= 11 is 6.09. The number of phenolic OH excluding ortho intramolecular Hbond substituents is 1. The third-order valence-corrected chi connectivity index (χ3v) is 4.39. The third kappa shape index (κ3) is 4.23. The molecule has 0 bridgehead atoms. The molecule has 1 heterocycles. The normalized spacial score (nSPS) is 11.9. The van der Waals surface area contributed by atoms with Crippen molar-refractivity contribution in [2.45, 2.75) is 12.6 Å². The summed E-state index contributed by atoms with van der Waals surface area (Å²) in [6.07, 6.45) is 6.32. The number of hydrogen-bond donors (Lipinski definition) is 4. The number of aliphatic hydroxyl groups excluding tert-OH is 1. The molecule has 0 saturated heterocycles. The van der Waals surface area contributed by atoms with E-state index in [0.717, 1.165) is 5.56 Å². The van der Waals surface area contributed by atoms with E-state index in [1.165, 1.54) is 12.1 Å². The van der Waals surface area contributed by atoms with Gasteiger partial charge >= 0.3 is 0 Å². The van der Waals surface area contributed by atoms with Gasteiger partial charge in [-0.3, -0.25) is 4.79 Å². The summed E-state index contributed by atoms with van der Waals surface area (Å²) in [6.45, 7) is 0.735. The quantitative estimate of drug-likeness (QED) is 0.490. The summed E-state index contributed by atoms with van der Waals surface area (Å²) in [4.78, 5) is 14.0. The fourth-order valence-electron chi connectivity index (χ4n) is 2.81. The third-order valence-electron chi connectivity index (χ3n) is 4.10. The van der Waals surface area contributed by atoms with Crippen molar-refractivity contribution in [3.63, 3.8) is 0 Å². The van der Waals surface area contributed by atoms with Crippen LogP contribution in [0.3, 0.4) is 0 Å². The molecule has 1 aromatic heterocycles. The second-order valence-corrected chi connectivity index (χ2v) is 6.32. The fraction of sp³-hybridized carbons (Fsp3) is 0.150. The van der Waals surface area contributed by atoms with Gasteiger partial charge in [0.1, 0.15) is 11.9 Å². The number of ether oxygens (including phenoxy) is 1. The van der Waals surface area contributed by atoms with E-state index in [2.05, 4.69) is 16.4 Å². The number of aromatic nitrogens is 1.